The number of allylic oxidation sites excluding steroid dienone is 1. The van der Waals surface area contributed by atoms with Gasteiger partial charge in [0.1, 0.15) is 5.82 Å². The molecule has 2 aromatic carbocycles. The van der Waals surface area contributed by atoms with Crippen molar-refractivity contribution in [3.8, 4) is 6.07 Å². The summed E-state index contributed by atoms with van der Waals surface area (Å²) in [7, 11) is 0. The number of amides is 1. The molecule has 1 amide bonds. The molecule has 0 radical (unpaired) electrons. The SMILES string of the molecule is CSc1ccc([C@@H]2CC(=O)N3CN(c4ccccc4F)CSC3=C2C#N)cc1. The number of carbonyl (C=O) groups is 1. The quantitative estimate of drug-likeness (QED) is 0.681. The van der Waals surface area contributed by atoms with Crippen molar-refractivity contribution in [2.24, 2.45) is 0 Å². The van der Waals surface area contributed by atoms with E-state index in [2.05, 4.69) is 6.07 Å². The summed E-state index contributed by atoms with van der Waals surface area (Å²) in [6, 6.07) is 16.9. The highest BCUT2D eigenvalue weighted by atomic mass is 32.2. The van der Waals surface area contributed by atoms with Crippen molar-refractivity contribution in [2.45, 2.75) is 17.2 Å². The van der Waals surface area contributed by atoms with Crippen molar-refractivity contribution >= 4 is 35.1 Å². The first kappa shape index (κ1) is 18.9. The van der Waals surface area contributed by atoms with Gasteiger partial charge in [0.15, 0.2) is 0 Å². The molecule has 2 aliphatic rings. The molecule has 4 nitrogen and oxygen atoms in total. The number of carbonyl (C=O) groups excluding carboxylic acids is 1. The van der Waals surface area contributed by atoms with Gasteiger partial charge in [0.05, 0.1) is 34.9 Å². The summed E-state index contributed by atoms with van der Waals surface area (Å²) in [5, 5.41) is 10.5. The maximum atomic E-state index is 14.2. The van der Waals surface area contributed by atoms with Crippen LogP contribution in [0.4, 0.5) is 10.1 Å². The minimum Gasteiger partial charge on any atom is -0.341 e. The van der Waals surface area contributed by atoms with E-state index in [1.807, 2.05) is 35.4 Å². The van der Waals surface area contributed by atoms with Crippen LogP contribution in [0.15, 0.2) is 64.0 Å². The Kier molecular flexibility index (Phi) is 5.33. The van der Waals surface area contributed by atoms with Crippen LogP contribution in [0.5, 0.6) is 0 Å². The van der Waals surface area contributed by atoms with E-state index in [4.69, 9.17) is 0 Å². The number of hydrogen-bond acceptors (Lipinski definition) is 5. The molecule has 0 aliphatic carbocycles. The first-order chi connectivity index (χ1) is 13.6. The monoisotopic (exact) mass is 411 g/mol. The lowest BCUT2D eigenvalue weighted by molar-refractivity contribution is -0.129. The largest absolute Gasteiger partial charge is 0.341 e. The average molecular weight is 412 g/mol. The highest BCUT2D eigenvalue weighted by Crippen LogP contribution is 2.43. The molecule has 2 heterocycles. The lowest BCUT2D eigenvalue weighted by atomic mass is 9.86. The predicted octanol–water partition coefficient (Wildman–Crippen LogP) is 4.77. The second-order valence-corrected chi connectivity index (χ2v) is 8.40. The topological polar surface area (TPSA) is 47.3 Å². The van der Waals surface area contributed by atoms with E-state index >= 15 is 0 Å². The van der Waals surface area contributed by atoms with Crippen LogP contribution in [0, 0.1) is 17.1 Å². The summed E-state index contributed by atoms with van der Waals surface area (Å²) in [6.45, 7) is 0.255. The van der Waals surface area contributed by atoms with Crippen molar-refractivity contribution in [3.05, 3.63) is 70.5 Å². The van der Waals surface area contributed by atoms with Crippen molar-refractivity contribution in [1.29, 1.82) is 5.26 Å². The molecule has 0 bridgehead atoms. The van der Waals surface area contributed by atoms with Gasteiger partial charge in [0.25, 0.3) is 0 Å². The zero-order valence-corrected chi connectivity index (χ0v) is 16.9. The minimum atomic E-state index is -0.313. The second-order valence-electron chi connectivity index (χ2n) is 6.59. The van der Waals surface area contributed by atoms with Gasteiger partial charge in [-0.1, -0.05) is 36.0 Å². The third kappa shape index (κ3) is 3.38. The molecular weight excluding hydrogens is 393 g/mol. The van der Waals surface area contributed by atoms with Crippen molar-refractivity contribution in [1.82, 2.24) is 4.90 Å². The lowest BCUT2D eigenvalue weighted by Crippen LogP contribution is -2.47. The third-order valence-electron chi connectivity index (χ3n) is 5.00. The summed E-state index contributed by atoms with van der Waals surface area (Å²) in [5.41, 5.74) is 2.07. The summed E-state index contributed by atoms with van der Waals surface area (Å²) >= 11 is 3.07. The fourth-order valence-corrected chi connectivity index (χ4v) is 5.11. The normalized spacial score (nSPS) is 19.5. The van der Waals surface area contributed by atoms with E-state index in [0.29, 0.717) is 22.2 Å². The minimum absolute atomic E-state index is 0.0403. The first-order valence-corrected chi connectivity index (χ1v) is 11.0. The smallest absolute Gasteiger partial charge is 0.229 e. The molecule has 4 rings (SSSR count). The van der Waals surface area contributed by atoms with E-state index in [9.17, 15) is 14.4 Å². The van der Waals surface area contributed by atoms with E-state index in [0.717, 1.165) is 10.5 Å². The fourth-order valence-electron chi connectivity index (χ4n) is 3.54. The molecule has 0 spiro atoms. The standard InChI is InChI=1S/C21H18FN3OS2/c1-27-15-8-6-14(7-9-15)16-10-20(26)25-12-24(13-28-21(25)17(16)11-23)19-5-3-2-4-18(19)22/h2-9,16H,10,12-13H2,1H3/t16-/m0/s1. The van der Waals surface area contributed by atoms with Gasteiger partial charge in [-0.25, -0.2) is 4.39 Å². The van der Waals surface area contributed by atoms with Gasteiger partial charge in [-0.15, -0.1) is 11.8 Å². The molecular formula is C21H18FN3OS2. The van der Waals surface area contributed by atoms with Crippen molar-refractivity contribution < 1.29 is 9.18 Å². The van der Waals surface area contributed by atoms with Crippen LogP contribution >= 0.6 is 23.5 Å². The van der Waals surface area contributed by atoms with Crippen LogP contribution in [0.25, 0.3) is 0 Å². The number of halogens is 1. The zero-order chi connectivity index (χ0) is 19.7. The Labute approximate surface area is 172 Å². The van der Waals surface area contributed by atoms with Gasteiger partial charge in [-0.05, 0) is 36.1 Å². The van der Waals surface area contributed by atoms with Crippen molar-refractivity contribution in [2.75, 3.05) is 23.7 Å². The molecule has 1 fully saturated rings. The number of nitriles is 1. The molecule has 0 N–H and O–H groups in total. The maximum Gasteiger partial charge on any atom is 0.229 e. The van der Waals surface area contributed by atoms with Gasteiger partial charge in [0, 0.05) is 17.2 Å². The highest BCUT2D eigenvalue weighted by molar-refractivity contribution is 8.03. The van der Waals surface area contributed by atoms with Crippen molar-refractivity contribution in [3.63, 3.8) is 0 Å². The Morgan fingerprint density at radius 1 is 1.21 bits per heavy atom. The first-order valence-electron chi connectivity index (χ1n) is 8.83. The summed E-state index contributed by atoms with van der Waals surface area (Å²) < 4.78 is 14.2. The summed E-state index contributed by atoms with van der Waals surface area (Å²) in [5.74, 6) is -0.0931. The number of benzene rings is 2. The molecule has 28 heavy (non-hydrogen) atoms. The number of thioether (sulfide) groups is 2. The lowest BCUT2D eigenvalue weighted by Gasteiger charge is -2.42. The zero-order valence-electron chi connectivity index (χ0n) is 15.3. The molecule has 2 aromatic rings. The van der Waals surface area contributed by atoms with Crippen LogP contribution in [0.1, 0.15) is 17.9 Å². The van der Waals surface area contributed by atoms with E-state index < -0.39 is 0 Å². The Morgan fingerprint density at radius 3 is 2.64 bits per heavy atom. The number of nitrogens with zero attached hydrogens (tertiary/aromatic N) is 3. The Hall–Kier alpha value is -2.43. The van der Waals surface area contributed by atoms with Crippen LogP contribution in [0.3, 0.4) is 0 Å². The van der Waals surface area contributed by atoms with Crippen LogP contribution in [0.2, 0.25) is 0 Å². The van der Waals surface area contributed by atoms with Gasteiger partial charge in [0.2, 0.25) is 5.91 Å². The van der Waals surface area contributed by atoms with E-state index in [1.165, 1.54) is 17.8 Å². The average Bonchev–Trinajstić information content (AvgIpc) is 2.74. The molecule has 0 unspecified atom stereocenters. The molecule has 0 saturated carbocycles. The number of rotatable bonds is 3. The molecule has 2 aliphatic heterocycles. The number of fused-ring (bicyclic) bond motifs is 1. The second kappa shape index (κ2) is 7.90. The van der Waals surface area contributed by atoms with Gasteiger partial charge in [-0.3, -0.25) is 9.69 Å². The number of anilines is 1. The van der Waals surface area contributed by atoms with Crippen LogP contribution in [-0.2, 0) is 4.79 Å². The summed E-state index contributed by atoms with van der Waals surface area (Å²) in [6.07, 6.45) is 2.26. The fraction of sp³-hybridized carbons (Fsp3) is 0.238. The van der Waals surface area contributed by atoms with Crippen LogP contribution < -0.4 is 4.90 Å². The molecule has 1 saturated heterocycles. The highest BCUT2D eigenvalue weighted by Gasteiger charge is 2.38. The van der Waals surface area contributed by atoms with Gasteiger partial charge >= 0.3 is 0 Å². The Bertz CT molecular complexity index is 984. The molecule has 7 heteroatoms. The van der Waals surface area contributed by atoms with E-state index in [-0.39, 0.29) is 30.7 Å². The molecule has 0 aromatic heterocycles. The van der Waals surface area contributed by atoms with Gasteiger partial charge < -0.3 is 4.90 Å². The number of para-hydroxylation sites is 1. The van der Waals surface area contributed by atoms with E-state index in [1.54, 1.807) is 34.9 Å². The maximum absolute atomic E-state index is 14.2. The predicted molar refractivity (Wildman–Crippen MR) is 111 cm³/mol. The van der Waals surface area contributed by atoms with Crippen LogP contribution in [-0.4, -0.2) is 29.6 Å². The number of hydrogen-bond donors (Lipinski definition) is 0. The Morgan fingerprint density at radius 2 is 1.96 bits per heavy atom. The molecule has 142 valence electrons. The molecule has 1 atom stereocenters. The summed E-state index contributed by atoms with van der Waals surface area (Å²) in [4.78, 5) is 17.5. The Balaban J connectivity index is 1.66. The third-order valence-corrected chi connectivity index (χ3v) is 6.90. The van der Waals surface area contributed by atoms with Gasteiger partial charge in [-0.2, -0.15) is 5.26 Å².